The van der Waals surface area contributed by atoms with Crippen LogP contribution in [0.4, 0.5) is 0 Å². The fourth-order valence-electron chi connectivity index (χ4n) is 6.58. The number of fused-ring (bicyclic) bond motifs is 8. The predicted octanol–water partition coefficient (Wildman–Crippen LogP) is 7.78. The number of hydrogen-bond donors (Lipinski definition) is 2. The fraction of sp³-hybridized carbons (Fsp3) is 0.231. The van der Waals surface area contributed by atoms with Gasteiger partial charge in [-0.25, -0.2) is 0 Å². The van der Waals surface area contributed by atoms with Crippen LogP contribution in [0.25, 0.3) is 11.1 Å². The molecule has 0 saturated heterocycles. The first-order chi connectivity index (χ1) is 21.8. The normalized spacial score (nSPS) is 12.4. The van der Waals surface area contributed by atoms with Crippen molar-refractivity contribution in [1.29, 1.82) is 0 Å². The lowest BCUT2D eigenvalue weighted by Crippen LogP contribution is -2.05. The third-order valence-electron chi connectivity index (χ3n) is 8.62. The first-order valence-corrected chi connectivity index (χ1v) is 15.0. The van der Waals surface area contributed by atoms with E-state index in [0.717, 1.165) is 66.9 Å². The van der Waals surface area contributed by atoms with Gasteiger partial charge in [0.05, 0.1) is 28.4 Å². The summed E-state index contributed by atoms with van der Waals surface area (Å²) in [6.07, 6.45) is 1.65. The molecule has 0 fully saturated rings. The lowest BCUT2D eigenvalue weighted by atomic mass is 9.89. The molecule has 5 aromatic rings. The van der Waals surface area contributed by atoms with E-state index in [1.54, 1.807) is 28.4 Å². The standard InChI is InChI=1S/C39H38O6/c1-23-11-30-15-26-19-34(42-2)21-28(36(26)40)17-32-13-25(24-9-7-6-8-10-24)14-33(39(32)45-5)18-29-22-35(43-3)20-27(37(29)41)16-31(12-23)38(30)44-4/h6-14,19-22,40-41H,15-18H2,1-5H3. The van der Waals surface area contributed by atoms with Gasteiger partial charge in [0.2, 0.25) is 0 Å². The van der Waals surface area contributed by atoms with Gasteiger partial charge in [-0.1, -0.05) is 48.0 Å². The number of ether oxygens (including phenoxy) is 4. The molecule has 0 radical (unpaired) electrons. The summed E-state index contributed by atoms with van der Waals surface area (Å²) in [5, 5.41) is 23.5. The molecular formula is C39H38O6. The Balaban J connectivity index is 1.66. The van der Waals surface area contributed by atoms with Crippen molar-refractivity contribution in [2.24, 2.45) is 0 Å². The zero-order chi connectivity index (χ0) is 31.7. The maximum Gasteiger partial charge on any atom is 0.125 e. The zero-order valence-corrected chi connectivity index (χ0v) is 26.4. The Bertz CT molecular complexity index is 1770. The molecule has 6 rings (SSSR count). The van der Waals surface area contributed by atoms with E-state index in [2.05, 4.69) is 36.4 Å². The Morgan fingerprint density at radius 3 is 1.18 bits per heavy atom. The summed E-state index contributed by atoms with van der Waals surface area (Å²) in [4.78, 5) is 0. The summed E-state index contributed by atoms with van der Waals surface area (Å²) in [5.74, 6) is 3.19. The molecule has 230 valence electrons. The summed E-state index contributed by atoms with van der Waals surface area (Å²) >= 11 is 0. The molecule has 0 unspecified atom stereocenters. The van der Waals surface area contributed by atoms with Crippen LogP contribution >= 0.6 is 0 Å². The van der Waals surface area contributed by atoms with Crippen LogP contribution in [0.5, 0.6) is 34.5 Å². The van der Waals surface area contributed by atoms with E-state index in [4.69, 9.17) is 18.9 Å². The SMILES string of the molecule is COc1cc2c(O)c(c1)Cc1cc(-c3ccccc3)cc(c1OC)Cc1cc(OC)cc(c1O)Cc1cc(C)cc(c1OC)C2. The van der Waals surface area contributed by atoms with E-state index < -0.39 is 0 Å². The third-order valence-corrected chi connectivity index (χ3v) is 8.62. The van der Waals surface area contributed by atoms with Gasteiger partial charge >= 0.3 is 0 Å². The van der Waals surface area contributed by atoms with Gasteiger partial charge in [0.1, 0.15) is 34.5 Å². The Labute approximate surface area is 264 Å². The minimum Gasteiger partial charge on any atom is -0.507 e. The number of aryl methyl sites for hydroxylation is 1. The second kappa shape index (κ2) is 12.5. The maximum absolute atomic E-state index is 11.7. The van der Waals surface area contributed by atoms with Gasteiger partial charge in [0.25, 0.3) is 0 Å². The molecule has 6 heteroatoms. The molecular weight excluding hydrogens is 564 g/mol. The predicted molar refractivity (Wildman–Crippen MR) is 177 cm³/mol. The van der Waals surface area contributed by atoms with E-state index in [1.807, 2.05) is 49.4 Å². The molecule has 0 aliphatic heterocycles. The van der Waals surface area contributed by atoms with Gasteiger partial charge in [-0.15, -0.1) is 0 Å². The van der Waals surface area contributed by atoms with Crippen LogP contribution in [0.3, 0.4) is 0 Å². The maximum atomic E-state index is 11.7. The highest BCUT2D eigenvalue weighted by Crippen LogP contribution is 2.42. The van der Waals surface area contributed by atoms with Crippen LogP contribution in [0, 0.1) is 6.92 Å². The summed E-state index contributed by atoms with van der Waals surface area (Å²) in [5.41, 5.74) is 9.74. The van der Waals surface area contributed by atoms with Crippen molar-refractivity contribution in [3.8, 4) is 45.6 Å². The second-order valence-electron chi connectivity index (χ2n) is 11.6. The lowest BCUT2D eigenvalue weighted by molar-refractivity contribution is 0.400. The molecule has 0 amide bonds. The van der Waals surface area contributed by atoms with Crippen LogP contribution in [-0.4, -0.2) is 38.7 Å². The van der Waals surface area contributed by atoms with Crippen LogP contribution in [-0.2, 0) is 25.7 Å². The monoisotopic (exact) mass is 602 g/mol. The Morgan fingerprint density at radius 2 is 0.822 bits per heavy atom. The Morgan fingerprint density at radius 1 is 0.444 bits per heavy atom. The van der Waals surface area contributed by atoms with Crippen LogP contribution < -0.4 is 18.9 Å². The summed E-state index contributed by atoms with van der Waals surface area (Å²) in [7, 11) is 6.60. The topological polar surface area (TPSA) is 77.4 Å². The molecule has 0 heterocycles. The van der Waals surface area contributed by atoms with Crippen molar-refractivity contribution in [2.75, 3.05) is 28.4 Å². The quantitative estimate of drug-likeness (QED) is 0.210. The minimum absolute atomic E-state index is 0.217. The summed E-state index contributed by atoms with van der Waals surface area (Å²) < 4.78 is 23.5. The molecule has 0 aromatic heterocycles. The largest absolute Gasteiger partial charge is 0.507 e. The van der Waals surface area contributed by atoms with E-state index in [-0.39, 0.29) is 11.5 Å². The minimum atomic E-state index is 0.217. The zero-order valence-electron chi connectivity index (χ0n) is 26.4. The van der Waals surface area contributed by atoms with Gasteiger partial charge in [-0.2, -0.15) is 0 Å². The number of rotatable bonds is 5. The number of benzene rings is 5. The highest BCUT2D eigenvalue weighted by atomic mass is 16.5. The summed E-state index contributed by atoms with van der Waals surface area (Å²) in [6.45, 7) is 2.04. The fourth-order valence-corrected chi connectivity index (χ4v) is 6.58. The number of aromatic hydroxyl groups is 2. The van der Waals surface area contributed by atoms with Crippen molar-refractivity contribution >= 4 is 0 Å². The highest BCUT2D eigenvalue weighted by molar-refractivity contribution is 5.69. The molecule has 1 aliphatic carbocycles. The molecule has 45 heavy (non-hydrogen) atoms. The number of phenols is 2. The van der Waals surface area contributed by atoms with Crippen molar-refractivity contribution in [3.63, 3.8) is 0 Å². The first kappa shape index (κ1) is 29.9. The van der Waals surface area contributed by atoms with Crippen LogP contribution in [0.1, 0.15) is 50.1 Å². The molecule has 2 N–H and O–H groups in total. The van der Waals surface area contributed by atoms with Crippen molar-refractivity contribution in [3.05, 3.63) is 129 Å². The molecule has 0 spiro atoms. The highest BCUT2D eigenvalue weighted by Gasteiger charge is 2.22. The van der Waals surface area contributed by atoms with E-state index in [0.29, 0.717) is 42.9 Å². The molecule has 8 bridgehead atoms. The van der Waals surface area contributed by atoms with Gasteiger partial charge in [-0.3, -0.25) is 0 Å². The van der Waals surface area contributed by atoms with Gasteiger partial charge in [0.15, 0.2) is 0 Å². The van der Waals surface area contributed by atoms with Crippen LogP contribution in [0.2, 0.25) is 0 Å². The molecule has 1 aliphatic rings. The van der Waals surface area contributed by atoms with Gasteiger partial charge < -0.3 is 29.2 Å². The molecule has 0 saturated carbocycles. The van der Waals surface area contributed by atoms with E-state index in [9.17, 15) is 10.2 Å². The second-order valence-corrected chi connectivity index (χ2v) is 11.6. The van der Waals surface area contributed by atoms with Crippen molar-refractivity contribution < 1.29 is 29.2 Å². The number of phenolic OH excluding ortho intramolecular Hbond substituents is 2. The first-order valence-electron chi connectivity index (χ1n) is 15.0. The van der Waals surface area contributed by atoms with Gasteiger partial charge in [0, 0.05) is 47.9 Å². The average molecular weight is 603 g/mol. The average Bonchev–Trinajstić information content (AvgIpc) is 3.04. The number of methoxy groups -OCH3 is 4. The molecule has 6 nitrogen and oxygen atoms in total. The van der Waals surface area contributed by atoms with Crippen LogP contribution in [0.15, 0.2) is 78.9 Å². The Kier molecular flexibility index (Phi) is 8.31. The van der Waals surface area contributed by atoms with Crippen molar-refractivity contribution in [1.82, 2.24) is 0 Å². The molecule has 5 aromatic carbocycles. The van der Waals surface area contributed by atoms with E-state index >= 15 is 0 Å². The Hall–Kier alpha value is -5.10. The van der Waals surface area contributed by atoms with Crippen molar-refractivity contribution in [2.45, 2.75) is 32.6 Å². The smallest absolute Gasteiger partial charge is 0.125 e. The molecule has 0 atom stereocenters. The third kappa shape index (κ3) is 5.88. The number of hydrogen-bond acceptors (Lipinski definition) is 6. The van der Waals surface area contributed by atoms with E-state index in [1.165, 1.54) is 0 Å². The van der Waals surface area contributed by atoms with Gasteiger partial charge in [-0.05, 0) is 76.7 Å². The lowest BCUT2D eigenvalue weighted by Gasteiger charge is -2.21. The summed E-state index contributed by atoms with van der Waals surface area (Å²) in [6, 6.07) is 26.1.